The lowest BCUT2D eigenvalue weighted by molar-refractivity contribution is 0.672. The van der Waals surface area contributed by atoms with E-state index in [1.807, 2.05) is 31.2 Å². The lowest BCUT2D eigenvalue weighted by atomic mass is 10.2. The Bertz CT molecular complexity index is 325. The van der Waals surface area contributed by atoms with Crippen LogP contribution < -0.4 is 5.73 Å². The Hall–Kier alpha value is -0.670. The van der Waals surface area contributed by atoms with E-state index in [2.05, 4.69) is 0 Å². The van der Waals surface area contributed by atoms with E-state index < -0.39 is 10.8 Å². The number of aryl methyl sites for hydroxylation is 1. The maximum atomic E-state index is 11.9. The summed E-state index contributed by atoms with van der Waals surface area (Å²) in [4.78, 5) is 0.977. The van der Waals surface area contributed by atoms with Crippen molar-refractivity contribution in [1.82, 2.24) is 0 Å². The van der Waals surface area contributed by atoms with Gasteiger partial charge in [-0.25, -0.2) is 0 Å². The molecule has 0 bridgehead atoms. The van der Waals surface area contributed by atoms with Crippen molar-refractivity contribution in [3.8, 4) is 0 Å². The Labute approximate surface area is 94.3 Å². The quantitative estimate of drug-likeness (QED) is 0.754. The first-order valence-electron chi connectivity index (χ1n) is 5.40. The fraction of sp³-hybridized carbons (Fsp3) is 0.500. The van der Waals surface area contributed by atoms with Crippen molar-refractivity contribution in [1.29, 1.82) is 0 Å². The van der Waals surface area contributed by atoms with Crippen LogP contribution in [-0.2, 0) is 10.8 Å². The first-order chi connectivity index (χ1) is 7.25. The van der Waals surface area contributed by atoms with Crippen LogP contribution in [0.5, 0.6) is 0 Å². The third kappa shape index (κ3) is 4.14. The Morgan fingerprint density at radius 3 is 2.60 bits per heavy atom. The van der Waals surface area contributed by atoms with Gasteiger partial charge in [-0.1, -0.05) is 24.6 Å². The van der Waals surface area contributed by atoms with E-state index in [4.69, 9.17) is 5.73 Å². The molecule has 2 nitrogen and oxygen atoms in total. The van der Waals surface area contributed by atoms with Gasteiger partial charge in [-0.15, -0.1) is 0 Å². The number of benzene rings is 1. The molecule has 0 heterocycles. The van der Waals surface area contributed by atoms with Crippen molar-refractivity contribution < 1.29 is 4.21 Å². The third-order valence-corrected chi connectivity index (χ3v) is 3.98. The van der Waals surface area contributed by atoms with Gasteiger partial charge in [0.15, 0.2) is 0 Å². The molecule has 1 aromatic rings. The largest absolute Gasteiger partial charge is 0.330 e. The SMILES string of the molecule is Cc1ccccc1S(=O)CCCCCN. The molecule has 0 saturated heterocycles. The smallest absolute Gasteiger partial charge is 0.0532 e. The van der Waals surface area contributed by atoms with E-state index in [0.29, 0.717) is 0 Å². The number of hydrogen-bond acceptors (Lipinski definition) is 2. The molecule has 0 aliphatic rings. The summed E-state index contributed by atoms with van der Waals surface area (Å²) >= 11 is 0. The van der Waals surface area contributed by atoms with Crippen LogP contribution in [0, 0.1) is 6.92 Å². The molecule has 1 unspecified atom stereocenters. The van der Waals surface area contributed by atoms with Gasteiger partial charge in [0.2, 0.25) is 0 Å². The molecular weight excluding hydrogens is 206 g/mol. The second kappa shape index (κ2) is 6.75. The Balaban J connectivity index is 2.44. The number of rotatable bonds is 6. The first kappa shape index (κ1) is 12.4. The topological polar surface area (TPSA) is 43.1 Å². The van der Waals surface area contributed by atoms with Crippen LogP contribution in [0.15, 0.2) is 29.2 Å². The van der Waals surface area contributed by atoms with E-state index >= 15 is 0 Å². The highest BCUT2D eigenvalue weighted by Crippen LogP contribution is 2.13. The summed E-state index contributed by atoms with van der Waals surface area (Å²) in [6.45, 7) is 2.74. The molecule has 3 heteroatoms. The van der Waals surface area contributed by atoms with Crippen LogP contribution in [-0.4, -0.2) is 16.5 Å². The van der Waals surface area contributed by atoms with E-state index in [0.717, 1.165) is 42.0 Å². The minimum absolute atomic E-state index is 0.733. The highest BCUT2D eigenvalue weighted by Gasteiger charge is 2.05. The predicted molar refractivity (Wildman–Crippen MR) is 65.4 cm³/mol. The van der Waals surface area contributed by atoms with Crippen molar-refractivity contribution in [3.63, 3.8) is 0 Å². The van der Waals surface area contributed by atoms with Gasteiger partial charge in [0, 0.05) is 10.6 Å². The zero-order chi connectivity index (χ0) is 11.1. The average molecular weight is 225 g/mol. The predicted octanol–water partition coefficient (Wildman–Crippen LogP) is 2.23. The molecule has 0 radical (unpaired) electrons. The Kier molecular flexibility index (Phi) is 5.58. The van der Waals surface area contributed by atoms with E-state index in [9.17, 15) is 4.21 Å². The van der Waals surface area contributed by atoms with Crippen molar-refractivity contribution in [2.75, 3.05) is 12.3 Å². The molecule has 0 aromatic heterocycles. The minimum Gasteiger partial charge on any atom is -0.330 e. The molecule has 0 spiro atoms. The van der Waals surface area contributed by atoms with E-state index in [1.165, 1.54) is 0 Å². The standard InChI is InChI=1S/C12H19NOS/c1-11-7-3-4-8-12(11)15(14)10-6-2-5-9-13/h3-4,7-8H,2,5-6,9-10,13H2,1H3. The molecule has 0 saturated carbocycles. The molecule has 0 aliphatic carbocycles. The van der Waals surface area contributed by atoms with Crippen LogP contribution >= 0.6 is 0 Å². The van der Waals surface area contributed by atoms with Crippen LogP contribution in [0.25, 0.3) is 0 Å². The van der Waals surface area contributed by atoms with Gasteiger partial charge < -0.3 is 5.73 Å². The number of hydrogen-bond donors (Lipinski definition) is 1. The molecule has 15 heavy (non-hydrogen) atoms. The second-order valence-corrected chi connectivity index (χ2v) is 5.20. The van der Waals surface area contributed by atoms with Crippen LogP contribution in [0.4, 0.5) is 0 Å². The highest BCUT2D eigenvalue weighted by atomic mass is 32.2. The molecule has 0 amide bonds. The normalized spacial score (nSPS) is 12.7. The van der Waals surface area contributed by atoms with Crippen LogP contribution in [0.3, 0.4) is 0 Å². The summed E-state index contributed by atoms with van der Waals surface area (Å²) in [7, 11) is -0.839. The zero-order valence-electron chi connectivity index (χ0n) is 9.24. The van der Waals surface area contributed by atoms with Crippen LogP contribution in [0.1, 0.15) is 24.8 Å². The summed E-state index contributed by atoms with van der Waals surface area (Å²) < 4.78 is 11.9. The molecule has 2 N–H and O–H groups in total. The van der Waals surface area contributed by atoms with Crippen LogP contribution in [0.2, 0.25) is 0 Å². The van der Waals surface area contributed by atoms with Gasteiger partial charge in [0.1, 0.15) is 0 Å². The van der Waals surface area contributed by atoms with Gasteiger partial charge in [-0.05, 0) is 37.9 Å². The molecular formula is C12H19NOS. The summed E-state index contributed by atoms with van der Waals surface area (Å²) in [5.41, 5.74) is 6.52. The summed E-state index contributed by atoms with van der Waals surface area (Å²) in [6.07, 6.45) is 3.11. The average Bonchev–Trinajstić information content (AvgIpc) is 2.25. The van der Waals surface area contributed by atoms with E-state index in [1.54, 1.807) is 0 Å². The lowest BCUT2D eigenvalue weighted by Crippen LogP contribution is -2.02. The van der Waals surface area contributed by atoms with Gasteiger partial charge >= 0.3 is 0 Å². The zero-order valence-corrected chi connectivity index (χ0v) is 10.1. The minimum atomic E-state index is -0.839. The molecule has 0 fully saturated rings. The Morgan fingerprint density at radius 2 is 1.93 bits per heavy atom. The molecule has 1 aromatic carbocycles. The van der Waals surface area contributed by atoms with Gasteiger partial charge in [-0.2, -0.15) is 0 Å². The molecule has 0 aliphatic heterocycles. The van der Waals surface area contributed by atoms with E-state index in [-0.39, 0.29) is 0 Å². The Morgan fingerprint density at radius 1 is 1.20 bits per heavy atom. The number of nitrogens with two attached hydrogens (primary N) is 1. The van der Waals surface area contributed by atoms with Crippen molar-refractivity contribution in [3.05, 3.63) is 29.8 Å². The van der Waals surface area contributed by atoms with Crippen molar-refractivity contribution >= 4 is 10.8 Å². The fourth-order valence-corrected chi connectivity index (χ4v) is 2.82. The third-order valence-electron chi connectivity index (χ3n) is 2.37. The maximum absolute atomic E-state index is 11.9. The van der Waals surface area contributed by atoms with Gasteiger partial charge in [-0.3, -0.25) is 4.21 Å². The van der Waals surface area contributed by atoms with Crippen molar-refractivity contribution in [2.24, 2.45) is 5.73 Å². The fourth-order valence-electron chi connectivity index (χ4n) is 1.48. The first-order valence-corrected chi connectivity index (χ1v) is 6.71. The monoisotopic (exact) mass is 225 g/mol. The summed E-state index contributed by atoms with van der Waals surface area (Å²) in [5, 5.41) is 0. The number of unbranched alkanes of at least 4 members (excludes halogenated alkanes) is 2. The summed E-state index contributed by atoms with van der Waals surface area (Å²) in [6, 6.07) is 7.88. The van der Waals surface area contributed by atoms with Gasteiger partial charge in [0.05, 0.1) is 10.8 Å². The summed E-state index contributed by atoms with van der Waals surface area (Å²) in [5.74, 6) is 0.755. The van der Waals surface area contributed by atoms with Gasteiger partial charge in [0.25, 0.3) is 0 Å². The van der Waals surface area contributed by atoms with Crippen molar-refractivity contribution in [2.45, 2.75) is 31.1 Å². The highest BCUT2D eigenvalue weighted by molar-refractivity contribution is 7.85. The lowest BCUT2D eigenvalue weighted by Gasteiger charge is -2.05. The second-order valence-electron chi connectivity index (χ2n) is 3.66. The maximum Gasteiger partial charge on any atom is 0.0532 e. The molecule has 1 atom stereocenters. The molecule has 84 valence electrons. The molecule has 1 rings (SSSR count).